The van der Waals surface area contributed by atoms with Gasteiger partial charge in [0, 0.05) is 24.2 Å². The predicted molar refractivity (Wildman–Crippen MR) is 79.0 cm³/mol. The van der Waals surface area contributed by atoms with E-state index >= 15 is 0 Å². The second-order valence-electron chi connectivity index (χ2n) is 5.06. The van der Waals surface area contributed by atoms with E-state index in [1.165, 1.54) is 0 Å². The zero-order valence-corrected chi connectivity index (χ0v) is 12.6. The lowest BCUT2D eigenvalue weighted by Crippen LogP contribution is -2.09. The van der Waals surface area contributed by atoms with Crippen LogP contribution in [0.4, 0.5) is 0 Å². The highest BCUT2D eigenvalue weighted by atomic mass is 16.5. The van der Waals surface area contributed by atoms with Crippen LogP contribution in [-0.2, 0) is 13.0 Å². The zero-order chi connectivity index (χ0) is 14.7. The number of ether oxygens (including phenoxy) is 1. The van der Waals surface area contributed by atoms with Crippen LogP contribution in [0, 0.1) is 13.8 Å². The summed E-state index contributed by atoms with van der Waals surface area (Å²) in [6, 6.07) is 7.89. The summed E-state index contributed by atoms with van der Waals surface area (Å²) in [5, 5.41) is 14.9. The topological polar surface area (TPSA) is 47.3 Å². The zero-order valence-electron chi connectivity index (χ0n) is 12.6. The molecule has 0 spiro atoms. The number of methoxy groups -OCH3 is 1. The summed E-state index contributed by atoms with van der Waals surface area (Å²) in [7, 11) is 1.63. The molecular formula is C16H22N2O2. The summed E-state index contributed by atoms with van der Waals surface area (Å²) in [6.07, 6.45) is -0.0550. The van der Waals surface area contributed by atoms with Gasteiger partial charge in [0.15, 0.2) is 0 Å². The van der Waals surface area contributed by atoms with Crippen LogP contribution in [0.2, 0.25) is 0 Å². The van der Waals surface area contributed by atoms with Crippen LogP contribution in [0.5, 0.6) is 5.75 Å². The van der Waals surface area contributed by atoms with Gasteiger partial charge in [-0.1, -0.05) is 12.1 Å². The van der Waals surface area contributed by atoms with E-state index in [1.807, 2.05) is 42.8 Å². The Morgan fingerprint density at radius 2 is 2.05 bits per heavy atom. The molecule has 1 unspecified atom stereocenters. The smallest absolute Gasteiger partial charge is 0.124 e. The summed E-state index contributed by atoms with van der Waals surface area (Å²) in [5.41, 5.74) is 3.96. The average Bonchev–Trinajstić information content (AvgIpc) is 2.78. The third kappa shape index (κ3) is 3.02. The molecule has 1 atom stereocenters. The number of benzene rings is 1. The van der Waals surface area contributed by atoms with Gasteiger partial charge in [0.1, 0.15) is 5.75 Å². The molecule has 108 valence electrons. The summed E-state index contributed by atoms with van der Waals surface area (Å²) in [6.45, 7) is 6.83. The van der Waals surface area contributed by atoms with E-state index in [1.54, 1.807) is 7.11 Å². The van der Waals surface area contributed by atoms with Crippen molar-refractivity contribution in [3.8, 4) is 5.75 Å². The number of nitrogens with zero attached hydrogens (tertiary/aromatic N) is 2. The molecule has 1 N–H and O–H groups in total. The Morgan fingerprint density at radius 1 is 1.30 bits per heavy atom. The summed E-state index contributed by atoms with van der Waals surface area (Å²) in [5.74, 6) is 0.733. The van der Waals surface area contributed by atoms with Gasteiger partial charge in [-0.05, 0) is 38.5 Å². The first kappa shape index (κ1) is 14.6. The third-order valence-electron chi connectivity index (χ3n) is 3.44. The number of aliphatic hydroxyl groups excluding tert-OH is 1. The van der Waals surface area contributed by atoms with Crippen molar-refractivity contribution < 1.29 is 9.84 Å². The molecule has 2 rings (SSSR count). The van der Waals surface area contributed by atoms with Gasteiger partial charge >= 0.3 is 0 Å². The van der Waals surface area contributed by atoms with Crippen molar-refractivity contribution in [1.29, 1.82) is 0 Å². The largest absolute Gasteiger partial charge is 0.496 e. The first-order valence-corrected chi connectivity index (χ1v) is 6.91. The number of aromatic nitrogens is 2. The van der Waals surface area contributed by atoms with E-state index in [0.29, 0.717) is 6.42 Å². The molecule has 0 fully saturated rings. The van der Waals surface area contributed by atoms with Crippen LogP contribution < -0.4 is 4.74 Å². The van der Waals surface area contributed by atoms with Crippen LogP contribution in [0.3, 0.4) is 0 Å². The Bertz CT molecular complexity index is 590. The molecule has 2 aromatic rings. The first-order valence-electron chi connectivity index (χ1n) is 6.91. The molecule has 1 aromatic carbocycles. The highest BCUT2D eigenvalue weighted by Gasteiger charge is 2.16. The fourth-order valence-electron chi connectivity index (χ4n) is 2.44. The molecule has 0 radical (unpaired) electrons. The van der Waals surface area contributed by atoms with Crippen molar-refractivity contribution in [2.45, 2.75) is 39.8 Å². The van der Waals surface area contributed by atoms with Crippen molar-refractivity contribution in [2.75, 3.05) is 7.11 Å². The predicted octanol–water partition coefficient (Wildman–Crippen LogP) is 2.80. The summed E-state index contributed by atoms with van der Waals surface area (Å²) >= 11 is 0. The molecule has 0 saturated carbocycles. The van der Waals surface area contributed by atoms with E-state index in [4.69, 9.17) is 4.74 Å². The van der Waals surface area contributed by atoms with Crippen LogP contribution in [0.25, 0.3) is 0 Å². The second-order valence-corrected chi connectivity index (χ2v) is 5.06. The first-order chi connectivity index (χ1) is 9.55. The number of hydrogen-bond acceptors (Lipinski definition) is 3. The van der Waals surface area contributed by atoms with Crippen LogP contribution in [-0.4, -0.2) is 22.0 Å². The molecule has 0 bridgehead atoms. The van der Waals surface area contributed by atoms with Crippen molar-refractivity contribution in [2.24, 2.45) is 0 Å². The Kier molecular flexibility index (Phi) is 4.45. The van der Waals surface area contributed by atoms with E-state index < -0.39 is 6.10 Å². The maximum Gasteiger partial charge on any atom is 0.124 e. The number of hydrogen-bond donors (Lipinski definition) is 1. The van der Waals surface area contributed by atoms with Gasteiger partial charge in [-0.2, -0.15) is 5.10 Å². The fourth-order valence-corrected chi connectivity index (χ4v) is 2.44. The molecule has 0 aliphatic rings. The van der Waals surface area contributed by atoms with E-state index in [2.05, 4.69) is 12.0 Å². The molecule has 1 heterocycles. The maximum absolute atomic E-state index is 10.5. The monoisotopic (exact) mass is 274 g/mol. The molecule has 20 heavy (non-hydrogen) atoms. The highest BCUT2D eigenvalue weighted by molar-refractivity contribution is 5.39. The third-order valence-corrected chi connectivity index (χ3v) is 3.44. The standard InChI is InChI=1S/C16H22N2O2/c1-5-18-13(9-12(3)17-18)10-15(19)14-7-6-11(2)8-16(14)20-4/h6-9,15,19H,5,10H2,1-4H3. The Morgan fingerprint density at radius 3 is 2.70 bits per heavy atom. The Hall–Kier alpha value is -1.81. The molecule has 0 saturated heterocycles. The Labute approximate surface area is 120 Å². The lowest BCUT2D eigenvalue weighted by atomic mass is 10.0. The fraction of sp³-hybridized carbons (Fsp3) is 0.438. The highest BCUT2D eigenvalue weighted by Crippen LogP contribution is 2.28. The van der Waals surface area contributed by atoms with Gasteiger partial charge in [-0.3, -0.25) is 4.68 Å². The summed E-state index contributed by atoms with van der Waals surface area (Å²) in [4.78, 5) is 0. The molecular weight excluding hydrogens is 252 g/mol. The summed E-state index contributed by atoms with van der Waals surface area (Å²) < 4.78 is 7.29. The minimum Gasteiger partial charge on any atom is -0.496 e. The molecule has 0 aliphatic heterocycles. The normalized spacial score (nSPS) is 12.4. The molecule has 4 nitrogen and oxygen atoms in total. The molecule has 4 heteroatoms. The van der Waals surface area contributed by atoms with Crippen LogP contribution in [0.15, 0.2) is 24.3 Å². The van der Waals surface area contributed by atoms with Gasteiger partial charge in [0.05, 0.1) is 18.9 Å². The van der Waals surface area contributed by atoms with E-state index in [9.17, 15) is 5.11 Å². The van der Waals surface area contributed by atoms with E-state index in [0.717, 1.165) is 34.8 Å². The van der Waals surface area contributed by atoms with Crippen molar-refractivity contribution in [3.05, 3.63) is 46.8 Å². The minimum atomic E-state index is -0.591. The SMILES string of the molecule is CCn1nc(C)cc1CC(O)c1ccc(C)cc1OC. The lowest BCUT2D eigenvalue weighted by Gasteiger charge is -2.16. The van der Waals surface area contributed by atoms with Gasteiger partial charge in [-0.25, -0.2) is 0 Å². The lowest BCUT2D eigenvalue weighted by molar-refractivity contribution is 0.171. The van der Waals surface area contributed by atoms with Crippen molar-refractivity contribution >= 4 is 0 Å². The quantitative estimate of drug-likeness (QED) is 0.912. The van der Waals surface area contributed by atoms with Gasteiger partial charge in [0.2, 0.25) is 0 Å². The van der Waals surface area contributed by atoms with Gasteiger partial charge < -0.3 is 9.84 Å². The maximum atomic E-state index is 10.5. The Balaban J connectivity index is 2.25. The van der Waals surface area contributed by atoms with Crippen LogP contribution in [0.1, 0.15) is 35.5 Å². The van der Waals surface area contributed by atoms with Crippen LogP contribution >= 0.6 is 0 Å². The number of aryl methyl sites for hydroxylation is 3. The van der Waals surface area contributed by atoms with Crippen molar-refractivity contribution in [3.63, 3.8) is 0 Å². The average molecular weight is 274 g/mol. The van der Waals surface area contributed by atoms with E-state index in [-0.39, 0.29) is 0 Å². The van der Waals surface area contributed by atoms with Gasteiger partial charge in [-0.15, -0.1) is 0 Å². The second kappa shape index (κ2) is 6.09. The molecule has 0 aliphatic carbocycles. The van der Waals surface area contributed by atoms with Crippen molar-refractivity contribution in [1.82, 2.24) is 9.78 Å². The minimum absolute atomic E-state index is 0.536. The molecule has 0 amide bonds. The van der Waals surface area contributed by atoms with Gasteiger partial charge in [0.25, 0.3) is 0 Å². The number of rotatable bonds is 5. The molecule has 1 aromatic heterocycles. The number of aliphatic hydroxyl groups is 1.